The van der Waals surface area contributed by atoms with Gasteiger partial charge in [0.05, 0.1) is 29.1 Å². The summed E-state index contributed by atoms with van der Waals surface area (Å²) in [5.41, 5.74) is 1.14. The molecule has 0 amide bonds. The number of benzene rings is 1. The molecule has 0 N–H and O–H groups in total. The van der Waals surface area contributed by atoms with E-state index in [9.17, 15) is 9.00 Å². The number of carbonyl (C=O) groups is 1. The maximum Gasteiger partial charge on any atom is 0.309 e. The first-order valence-corrected chi connectivity index (χ1v) is 7.97. The number of carbonyl (C=O) groups excluding carboxylic acids is 1. The Bertz CT molecular complexity index is 533. The van der Waals surface area contributed by atoms with Crippen LogP contribution in [0, 0.1) is 18.8 Å². The molecular formula is C16H20O3S. The minimum Gasteiger partial charge on any atom is -0.469 e. The number of rotatable bonds is 3. The van der Waals surface area contributed by atoms with Gasteiger partial charge in [-0.3, -0.25) is 9.00 Å². The normalized spacial score (nSPS) is 27.1. The molecular weight excluding hydrogens is 272 g/mol. The second-order valence-corrected chi connectivity index (χ2v) is 6.93. The standard InChI is InChI=1S/C16H20O3S/c1-11-4-7-13(8-5-11)20(18)14-9-6-12(2)15(10-14)16(17)19-3/h4-9,12,14-15H,10H2,1-3H3/t12-,14+,15+,20?/m1/s1. The Labute approximate surface area is 122 Å². The molecule has 1 aromatic rings. The lowest BCUT2D eigenvalue weighted by atomic mass is 9.85. The Hall–Kier alpha value is -1.42. The van der Waals surface area contributed by atoms with E-state index in [-0.39, 0.29) is 23.1 Å². The lowest BCUT2D eigenvalue weighted by Crippen LogP contribution is -2.31. The molecule has 20 heavy (non-hydrogen) atoms. The number of hydrogen-bond acceptors (Lipinski definition) is 3. The van der Waals surface area contributed by atoms with Crippen LogP contribution in [-0.4, -0.2) is 22.5 Å². The van der Waals surface area contributed by atoms with Crippen molar-refractivity contribution in [2.24, 2.45) is 11.8 Å². The highest BCUT2D eigenvalue weighted by atomic mass is 32.2. The van der Waals surface area contributed by atoms with Crippen LogP contribution in [0.2, 0.25) is 0 Å². The average Bonchev–Trinajstić information content (AvgIpc) is 2.47. The van der Waals surface area contributed by atoms with E-state index in [0.29, 0.717) is 6.42 Å². The van der Waals surface area contributed by atoms with Crippen molar-refractivity contribution in [3.8, 4) is 0 Å². The molecule has 4 atom stereocenters. The molecule has 1 aliphatic rings. The third kappa shape index (κ3) is 3.18. The molecule has 0 fully saturated rings. The maximum atomic E-state index is 12.6. The Morgan fingerprint density at radius 3 is 2.50 bits per heavy atom. The molecule has 0 radical (unpaired) electrons. The molecule has 1 aromatic carbocycles. The number of methoxy groups -OCH3 is 1. The van der Waals surface area contributed by atoms with Gasteiger partial charge in [0.1, 0.15) is 0 Å². The predicted molar refractivity (Wildman–Crippen MR) is 79.8 cm³/mol. The molecule has 0 spiro atoms. The van der Waals surface area contributed by atoms with Crippen molar-refractivity contribution in [2.45, 2.75) is 30.4 Å². The summed E-state index contributed by atoms with van der Waals surface area (Å²) >= 11 is 0. The zero-order valence-electron chi connectivity index (χ0n) is 12.0. The molecule has 108 valence electrons. The van der Waals surface area contributed by atoms with Gasteiger partial charge in [0.2, 0.25) is 0 Å². The van der Waals surface area contributed by atoms with E-state index in [1.165, 1.54) is 7.11 Å². The third-order valence-electron chi connectivity index (χ3n) is 3.78. The van der Waals surface area contributed by atoms with Gasteiger partial charge in [-0.05, 0) is 31.4 Å². The zero-order chi connectivity index (χ0) is 14.7. The molecule has 0 saturated heterocycles. The minimum absolute atomic E-state index is 0.127. The fourth-order valence-corrected chi connectivity index (χ4v) is 3.81. The van der Waals surface area contributed by atoms with Gasteiger partial charge >= 0.3 is 5.97 Å². The van der Waals surface area contributed by atoms with Crippen molar-refractivity contribution in [3.63, 3.8) is 0 Å². The predicted octanol–water partition coefficient (Wildman–Crippen LogP) is 2.86. The van der Waals surface area contributed by atoms with E-state index in [2.05, 4.69) is 0 Å². The van der Waals surface area contributed by atoms with Crippen molar-refractivity contribution < 1.29 is 13.7 Å². The lowest BCUT2D eigenvalue weighted by Gasteiger charge is -2.27. The van der Waals surface area contributed by atoms with E-state index in [1.54, 1.807) is 0 Å². The topological polar surface area (TPSA) is 43.4 Å². The average molecular weight is 292 g/mol. The summed E-state index contributed by atoms with van der Waals surface area (Å²) in [4.78, 5) is 12.6. The van der Waals surface area contributed by atoms with Gasteiger partial charge in [-0.15, -0.1) is 0 Å². The third-order valence-corrected chi connectivity index (χ3v) is 5.42. The van der Waals surface area contributed by atoms with Crippen LogP contribution in [0.25, 0.3) is 0 Å². The molecule has 3 nitrogen and oxygen atoms in total. The summed E-state index contributed by atoms with van der Waals surface area (Å²) in [6.45, 7) is 3.99. The molecule has 0 heterocycles. The van der Waals surface area contributed by atoms with Crippen molar-refractivity contribution in [1.29, 1.82) is 0 Å². The second-order valence-electron chi connectivity index (χ2n) is 5.26. The Kier molecular flexibility index (Phi) is 4.76. The highest BCUT2D eigenvalue weighted by Gasteiger charge is 2.32. The van der Waals surface area contributed by atoms with Crippen molar-refractivity contribution >= 4 is 16.8 Å². The largest absolute Gasteiger partial charge is 0.469 e. The van der Waals surface area contributed by atoms with Gasteiger partial charge in [0.25, 0.3) is 0 Å². The van der Waals surface area contributed by atoms with E-state index < -0.39 is 10.8 Å². The lowest BCUT2D eigenvalue weighted by molar-refractivity contribution is -0.146. The van der Waals surface area contributed by atoms with Crippen LogP contribution in [0.5, 0.6) is 0 Å². The summed E-state index contributed by atoms with van der Waals surface area (Å²) < 4.78 is 17.4. The smallest absolute Gasteiger partial charge is 0.309 e. The van der Waals surface area contributed by atoms with Crippen LogP contribution in [0.4, 0.5) is 0 Å². The van der Waals surface area contributed by atoms with Gasteiger partial charge in [0, 0.05) is 4.90 Å². The minimum atomic E-state index is -1.13. The fourth-order valence-electron chi connectivity index (χ4n) is 2.44. The number of allylic oxidation sites excluding steroid dienone is 1. The van der Waals surface area contributed by atoms with Crippen LogP contribution in [0.15, 0.2) is 41.3 Å². The fraction of sp³-hybridized carbons (Fsp3) is 0.438. The van der Waals surface area contributed by atoms with E-state index in [4.69, 9.17) is 4.74 Å². The molecule has 1 unspecified atom stereocenters. The summed E-state index contributed by atoms with van der Waals surface area (Å²) in [6, 6.07) is 7.70. The number of esters is 1. The van der Waals surface area contributed by atoms with Crippen molar-refractivity contribution in [3.05, 3.63) is 42.0 Å². The van der Waals surface area contributed by atoms with Crippen molar-refractivity contribution in [1.82, 2.24) is 0 Å². The van der Waals surface area contributed by atoms with Gasteiger partial charge < -0.3 is 4.74 Å². The molecule has 0 saturated carbocycles. The molecule has 0 bridgehead atoms. The zero-order valence-corrected chi connectivity index (χ0v) is 12.9. The highest BCUT2D eigenvalue weighted by Crippen LogP contribution is 2.30. The SMILES string of the molecule is COC(=O)[C@H]1C[C@@H](S(=O)c2ccc(C)cc2)C=C[C@H]1C. The molecule has 1 aliphatic carbocycles. The molecule has 0 aliphatic heterocycles. The number of ether oxygens (including phenoxy) is 1. The Morgan fingerprint density at radius 2 is 1.90 bits per heavy atom. The van der Waals surface area contributed by atoms with Crippen LogP contribution >= 0.6 is 0 Å². The first-order valence-electron chi connectivity index (χ1n) is 6.76. The molecule has 4 heteroatoms. The molecule has 2 rings (SSSR count). The first-order chi connectivity index (χ1) is 9.52. The quantitative estimate of drug-likeness (QED) is 0.635. The van der Waals surface area contributed by atoms with Gasteiger partial charge in [-0.25, -0.2) is 0 Å². The second kappa shape index (κ2) is 6.35. The first kappa shape index (κ1) is 15.0. The van der Waals surface area contributed by atoms with Crippen LogP contribution in [0.1, 0.15) is 18.9 Å². The van der Waals surface area contributed by atoms with E-state index in [1.807, 2.05) is 50.3 Å². The Morgan fingerprint density at radius 1 is 1.25 bits per heavy atom. The van der Waals surface area contributed by atoms with Gasteiger partial charge in [0.15, 0.2) is 0 Å². The van der Waals surface area contributed by atoms with Crippen LogP contribution < -0.4 is 0 Å². The van der Waals surface area contributed by atoms with Crippen LogP contribution in [0.3, 0.4) is 0 Å². The summed E-state index contributed by atoms with van der Waals surface area (Å²) in [5.74, 6) is -0.286. The van der Waals surface area contributed by atoms with Crippen molar-refractivity contribution in [2.75, 3.05) is 7.11 Å². The van der Waals surface area contributed by atoms with Gasteiger partial charge in [-0.2, -0.15) is 0 Å². The number of aryl methyl sites for hydroxylation is 1. The number of hydrogen-bond donors (Lipinski definition) is 0. The highest BCUT2D eigenvalue weighted by molar-refractivity contribution is 7.85. The van der Waals surface area contributed by atoms with Crippen LogP contribution in [-0.2, 0) is 20.3 Å². The van der Waals surface area contributed by atoms with E-state index in [0.717, 1.165) is 10.5 Å². The Balaban J connectivity index is 2.17. The summed E-state index contributed by atoms with van der Waals surface area (Å²) in [6.07, 6.45) is 4.52. The summed E-state index contributed by atoms with van der Waals surface area (Å²) in [5, 5.41) is -0.127. The maximum absolute atomic E-state index is 12.6. The van der Waals surface area contributed by atoms with E-state index >= 15 is 0 Å². The molecule has 0 aromatic heterocycles. The monoisotopic (exact) mass is 292 g/mol. The van der Waals surface area contributed by atoms with Gasteiger partial charge in [-0.1, -0.05) is 36.8 Å². The summed E-state index contributed by atoms with van der Waals surface area (Å²) in [7, 11) is 0.275.